The van der Waals surface area contributed by atoms with Gasteiger partial charge >= 0.3 is 16.4 Å². The van der Waals surface area contributed by atoms with E-state index in [0.29, 0.717) is 24.2 Å². The highest BCUT2D eigenvalue weighted by Gasteiger charge is 2.65. The zero-order valence-electron chi connectivity index (χ0n) is 20.4. The number of alkyl halides is 3. The van der Waals surface area contributed by atoms with Gasteiger partial charge in [-0.1, -0.05) is 61.9 Å². The maximum Gasteiger partial charge on any atom is 0.416 e. The van der Waals surface area contributed by atoms with Gasteiger partial charge in [0, 0.05) is 36.0 Å². The summed E-state index contributed by atoms with van der Waals surface area (Å²) in [6.45, 7) is 0.352. The molecule has 3 aromatic carbocycles. The standard InChI is InChI=1S/C27H22F8N2O2S/c28-27(29,30)19-11-7-17(8-12-19)22(18-9-13-21(14-10-18)40(31,32,33,34)35)3-1-6-26(39)37-25-5-2-4-24-23(25)15-20(38)16-36-24/h1-14,20,36,38H,15-16H2,(H,37,39)/b6-1+,22-3-. The molecule has 13 heteroatoms. The van der Waals surface area contributed by atoms with Crippen molar-refractivity contribution in [2.24, 2.45) is 0 Å². The highest BCUT2D eigenvalue weighted by molar-refractivity contribution is 8.45. The maximum absolute atomic E-state index is 13.2. The number of allylic oxidation sites excluding steroid dienone is 2. The van der Waals surface area contributed by atoms with E-state index in [0.717, 1.165) is 48.2 Å². The topological polar surface area (TPSA) is 61.4 Å². The van der Waals surface area contributed by atoms with Gasteiger partial charge in [0.25, 0.3) is 0 Å². The lowest BCUT2D eigenvalue weighted by Gasteiger charge is -2.40. The van der Waals surface area contributed by atoms with Crippen molar-refractivity contribution >= 4 is 33.1 Å². The van der Waals surface area contributed by atoms with Gasteiger partial charge in [0.15, 0.2) is 0 Å². The van der Waals surface area contributed by atoms with Crippen LogP contribution < -0.4 is 10.6 Å². The third-order valence-corrected chi connectivity index (χ3v) is 7.21. The van der Waals surface area contributed by atoms with Crippen LogP contribution in [0.25, 0.3) is 5.57 Å². The molecule has 1 atom stereocenters. The molecule has 1 amide bonds. The first-order chi connectivity index (χ1) is 18.4. The predicted octanol–water partition coefficient (Wildman–Crippen LogP) is 8.32. The number of benzene rings is 3. The Morgan fingerprint density at radius 1 is 0.925 bits per heavy atom. The summed E-state index contributed by atoms with van der Waals surface area (Å²) >= 11 is 0. The molecule has 214 valence electrons. The van der Waals surface area contributed by atoms with Crippen molar-refractivity contribution in [1.29, 1.82) is 0 Å². The molecule has 1 heterocycles. The number of aliphatic hydroxyl groups is 1. The van der Waals surface area contributed by atoms with Gasteiger partial charge in [-0.2, -0.15) is 13.2 Å². The van der Waals surface area contributed by atoms with E-state index in [1.807, 2.05) is 0 Å². The Morgan fingerprint density at radius 3 is 2.10 bits per heavy atom. The molecule has 3 N–H and O–H groups in total. The third-order valence-electron chi connectivity index (χ3n) is 6.05. The number of nitrogens with one attached hydrogen (secondary N) is 2. The van der Waals surface area contributed by atoms with Crippen LogP contribution in [0.15, 0.2) is 89.9 Å². The van der Waals surface area contributed by atoms with Crippen LogP contribution in [0.5, 0.6) is 0 Å². The summed E-state index contributed by atoms with van der Waals surface area (Å²) in [4.78, 5) is 10.5. The average molecular weight is 591 g/mol. The fourth-order valence-electron chi connectivity index (χ4n) is 4.12. The summed E-state index contributed by atoms with van der Waals surface area (Å²) in [6, 6.07) is 10.8. The first-order valence-electron chi connectivity index (χ1n) is 11.7. The second-order valence-corrected chi connectivity index (χ2v) is 11.5. The summed E-state index contributed by atoms with van der Waals surface area (Å²) in [5.41, 5.74) is 1.11. The van der Waals surface area contributed by atoms with Crippen LogP contribution in [0.2, 0.25) is 0 Å². The number of carbonyl (C=O) groups is 1. The van der Waals surface area contributed by atoms with Crippen molar-refractivity contribution in [3.8, 4) is 0 Å². The van der Waals surface area contributed by atoms with E-state index >= 15 is 0 Å². The van der Waals surface area contributed by atoms with Gasteiger partial charge in [-0.15, -0.1) is 0 Å². The minimum absolute atomic E-state index is 0.00684. The zero-order chi connectivity index (χ0) is 29.4. The van der Waals surface area contributed by atoms with Gasteiger partial charge in [-0.3, -0.25) is 4.79 Å². The van der Waals surface area contributed by atoms with Crippen LogP contribution in [0.1, 0.15) is 22.3 Å². The van der Waals surface area contributed by atoms with E-state index in [9.17, 15) is 42.5 Å². The van der Waals surface area contributed by atoms with E-state index in [2.05, 4.69) is 10.6 Å². The minimum Gasteiger partial charge on any atom is -0.391 e. The van der Waals surface area contributed by atoms with E-state index in [-0.39, 0.29) is 28.8 Å². The molecule has 1 aliphatic rings. The van der Waals surface area contributed by atoms with Crippen molar-refractivity contribution in [1.82, 2.24) is 0 Å². The van der Waals surface area contributed by atoms with E-state index in [1.165, 1.54) is 12.2 Å². The zero-order valence-corrected chi connectivity index (χ0v) is 21.2. The van der Waals surface area contributed by atoms with Crippen molar-refractivity contribution in [2.75, 3.05) is 17.2 Å². The normalized spacial score (nSPS) is 17.9. The number of halogens is 8. The molecule has 4 nitrogen and oxygen atoms in total. The summed E-state index contributed by atoms with van der Waals surface area (Å²) in [6.07, 6.45) is -1.41. The highest BCUT2D eigenvalue weighted by atomic mass is 32.5. The lowest BCUT2D eigenvalue weighted by molar-refractivity contribution is -0.137. The molecule has 40 heavy (non-hydrogen) atoms. The molecule has 0 saturated heterocycles. The average Bonchev–Trinajstić information content (AvgIpc) is 2.85. The Hall–Kier alpha value is -3.84. The third kappa shape index (κ3) is 7.02. The van der Waals surface area contributed by atoms with Crippen LogP contribution in [0.4, 0.5) is 44.0 Å². The largest absolute Gasteiger partial charge is 0.416 e. The Labute approximate surface area is 223 Å². The van der Waals surface area contributed by atoms with E-state index < -0.39 is 38.9 Å². The molecule has 0 aromatic heterocycles. The smallest absolute Gasteiger partial charge is 0.391 e. The number of amides is 1. The number of fused-ring (bicyclic) bond motifs is 1. The lowest BCUT2D eigenvalue weighted by atomic mass is 9.96. The van der Waals surface area contributed by atoms with E-state index in [4.69, 9.17) is 0 Å². The van der Waals surface area contributed by atoms with E-state index in [1.54, 1.807) is 18.2 Å². The van der Waals surface area contributed by atoms with Crippen LogP contribution in [0, 0.1) is 0 Å². The molecule has 0 spiro atoms. The Morgan fingerprint density at radius 2 is 1.52 bits per heavy atom. The summed E-state index contributed by atoms with van der Waals surface area (Å²) in [7, 11) is -9.94. The number of β-amino-alcohol motifs (C(OH)–C–C–N with tert-alkyl or cyclic N) is 1. The molecule has 0 bridgehead atoms. The Balaban J connectivity index is 1.64. The molecule has 0 fully saturated rings. The molecule has 1 unspecified atom stereocenters. The highest BCUT2D eigenvalue weighted by Crippen LogP contribution is 3.02. The van der Waals surface area contributed by atoms with Crippen LogP contribution >= 0.6 is 10.2 Å². The van der Waals surface area contributed by atoms with Gasteiger partial charge < -0.3 is 15.7 Å². The van der Waals surface area contributed by atoms with Crippen molar-refractivity contribution in [2.45, 2.75) is 23.6 Å². The first-order valence-corrected chi connectivity index (χ1v) is 13.6. The van der Waals surface area contributed by atoms with Crippen molar-refractivity contribution < 1.29 is 42.5 Å². The number of rotatable bonds is 6. The van der Waals surface area contributed by atoms with Gasteiger partial charge in [-0.05, 0) is 53.1 Å². The monoisotopic (exact) mass is 590 g/mol. The number of carbonyl (C=O) groups excluding carboxylic acids is 1. The van der Waals surface area contributed by atoms with Gasteiger partial charge in [0.05, 0.1) is 11.7 Å². The fraction of sp³-hybridized carbons (Fsp3) is 0.148. The first kappa shape index (κ1) is 29.2. The van der Waals surface area contributed by atoms with Crippen LogP contribution in [0.3, 0.4) is 0 Å². The second-order valence-electron chi connectivity index (χ2n) is 9.07. The van der Waals surface area contributed by atoms with Gasteiger partial charge in [0.1, 0.15) is 4.90 Å². The number of hydrogen-bond donors (Lipinski definition) is 3. The number of aliphatic hydroxyl groups excluding tert-OH is 1. The van der Waals surface area contributed by atoms with Crippen molar-refractivity contribution in [3.63, 3.8) is 0 Å². The Bertz CT molecular complexity index is 1480. The molecule has 3 aromatic rings. The number of anilines is 2. The van der Waals surface area contributed by atoms with Crippen molar-refractivity contribution in [3.05, 3.63) is 107 Å². The fourth-order valence-corrected chi connectivity index (χ4v) is 4.77. The molecule has 4 rings (SSSR count). The minimum atomic E-state index is -9.94. The molecular weight excluding hydrogens is 568 g/mol. The predicted molar refractivity (Wildman–Crippen MR) is 139 cm³/mol. The second kappa shape index (κ2) is 9.66. The summed E-state index contributed by atoms with van der Waals surface area (Å²) < 4.78 is 105. The molecular formula is C27H22F8N2O2S. The molecule has 1 aliphatic heterocycles. The molecule has 0 aliphatic carbocycles. The van der Waals surface area contributed by atoms with Crippen LogP contribution in [-0.2, 0) is 17.4 Å². The summed E-state index contributed by atoms with van der Waals surface area (Å²) in [5.74, 6) is -0.604. The summed E-state index contributed by atoms with van der Waals surface area (Å²) in [5, 5.41) is 15.6. The Kier molecular flexibility index (Phi) is 7.04. The van der Waals surface area contributed by atoms with Gasteiger partial charge in [0.2, 0.25) is 5.91 Å². The molecule has 0 saturated carbocycles. The quantitative estimate of drug-likeness (QED) is 0.154. The SMILES string of the molecule is O=C(/C=C/C=C(/c1ccc(C(F)(F)F)cc1)c1ccc(S(F)(F)(F)(F)F)cc1)Nc1cccc2c1CC(O)CN2. The molecule has 0 radical (unpaired) electrons. The lowest BCUT2D eigenvalue weighted by Crippen LogP contribution is -2.28. The maximum atomic E-state index is 13.2. The van der Waals surface area contributed by atoms with Gasteiger partial charge in [-0.25, -0.2) is 0 Å². The number of hydrogen-bond acceptors (Lipinski definition) is 3. The van der Waals surface area contributed by atoms with Crippen LogP contribution in [-0.4, -0.2) is 23.7 Å².